The number of methoxy groups -OCH3 is 2. The molecule has 0 atom stereocenters. The molecule has 5 nitrogen and oxygen atoms in total. The molecule has 0 unspecified atom stereocenters. The summed E-state index contributed by atoms with van der Waals surface area (Å²) in [6, 6.07) is 5.86. The van der Waals surface area contributed by atoms with Gasteiger partial charge < -0.3 is 20.1 Å². The second kappa shape index (κ2) is 7.03. The molecular formula is C15H22N2O3. The predicted octanol–water partition coefficient (Wildman–Crippen LogP) is 2.17. The van der Waals surface area contributed by atoms with Crippen molar-refractivity contribution >= 4 is 11.6 Å². The van der Waals surface area contributed by atoms with Gasteiger partial charge in [0.15, 0.2) is 11.5 Å². The molecule has 0 aliphatic heterocycles. The fraction of sp³-hybridized carbons (Fsp3) is 0.533. The second-order valence-corrected chi connectivity index (χ2v) is 4.97. The number of hydrogen-bond donors (Lipinski definition) is 2. The fourth-order valence-electron chi connectivity index (χ4n) is 2.48. The number of carbonyl (C=O) groups excluding carboxylic acids is 1. The highest BCUT2D eigenvalue weighted by molar-refractivity contribution is 5.81. The van der Waals surface area contributed by atoms with Crippen LogP contribution in [0.4, 0.5) is 5.69 Å². The smallest absolute Gasteiger partial charge is 0.239 e. The monoisotopic (exact) mass is 278 g/mol. The molecule has 0 radical (unpaired) electrons. The first-order valence-corrected chi connectivity index (χ1v) is 6.98. The number of nitrogens with one attached hydrogen (secondary N) is 2. The number of ether oxygens (including phenoxy) is 2. The van der Waals surface area contributed by atoms with E-state index in [1.54, 1.807) is 14.2 Å². The lowest BCUT2D eigenvalue weighted by molar-refractivity contribution is -0.120. The maximum Gasteiger partial charge on any atom is 0.239 e. The van der Waals surface area contributed by atoms with Crippen LogP contribution in [0.2, 0.25) is 0 Å². The third-order valence-corrected chi connectivity index (χ3v) is 3.56. The van der Waals surface area contributed by atoms with Crippen LogP contribution in [0.25, 0.3) is 0 Å². The van der Waals surface area contributed by atoms with Gasteiger partial charge in [-0.05, 0) is 25.0 Å². The van der Waals surface area contributed by atoms with Gasteiger partial charge in [0.05, 0.1) is 20.8 Å². The average molecular weight is 278 g/mol. The Morgan fingerprint density at radius 1 is 1.20 bits per heavy atom. The van der Waals surface area contributed by atoms with Crippen molar-refractivity contribution in [2.75, 3.05) is 26.1 Å². The maximum atomic E-state index is 11.8. The molecule has 2 rings (SSSR count). The maximum absolute atomic E-state index is 11.8. The first kappa shape index (κ1) is 14.5. The van der Waals surface area contributed by atoms with E-state index in [4.69, 9.17) is 9.47 Å². The Morgan fingerprint density at radius 2 is 1.90 bits per heavy atom. The average Bonchev–Trinajstić information content (AvgIpc) is 2.97. The summed E-state index contributed by atoms with van der Waals surface area (Å²) in [7, 11) is 3.19. The van der Waals surface area contributed by atoms with Crippen LogP contribution in [0.3, 0.4) is 0 Å². The third kappa shape index (κ3) is 3.79. The number of hydrogen-bond acceptors (Lipinski definition) is 4. The lowest BCUT2D eigenvalue weighted by atomic mass is 10.2. The lowest BCUT2D eigenvalue weighted by Gasteiger charge is -2.14. The van der Waals surface area contributed by atoms with Gasteiger partial charge in [-0.25, -0.2) is 0 Å². The summed E-state index contributed by atoms with van der Waals surface area (Å²) >= 11 is 0. The first-order chi connectivity index (χ1) is 9.72. The van der Waals surface area contributed by atoms with Crippen molar-refractivity contribution in [3.8, 4) is 11.5 Å². The summed E-state index contributed by atoms with van der Waals surface area (Å²) in [4.78, 5) is 11.8. The molecule has 2 N–H and O–H groups in total. The van der Waals surface area contributed by atoms with E-state index >= 15 is 0 Å². The van der Waals surface area contributed by atoms with Crippen LogP contribution < -0.4 is 20.1 Å². The molecule has 1 amide bonds. The molecule has 0 saturated heterocycles. The van der Waals surface area contributed by atoms with Crippen LogP contribution in [0.1, 0.15) is 25.7 Å². The van der Waals surface area contributed by atoms with Gasteiger partial charge in [0.2, 0.25) is 5.91 Å². The van der Waals surface area contributed by atoms with Crippen molar-refractivity contribution in [2.45, 2.75) is 31.7 Å². The molecule has 1 saturated carbocycles. The van der Waals surface area contributed by atoms with Crippen molar-refractivity contribution < 1.29 is 14.3 Å². The second-order valence-electron chi connectivity index (χ2n) is 4.97. The van der Waals surface area contributed by atoms with Gasteiger partial charge in [-0.2, -0.15) is 0 Å². The molecule has 0 heterocycles. The van der Waals surface area contributed by atoms with Gasteiger partial charge in [-0.3, -0.25) is 4.79 Å². The lowest BCUT2D eigenvalue weighted by Crippen LogP contribution is -2.36. The predicted molar refractivity (Wildman–Crippen MR) is 78.4 cm³/mol. The molecule has 20 heavy (non-hydrogen) atoms. The van der Waals surface area contributed by atoms with Crippen molar-refractivity contribution in [3.05, 3.63) is 18.2 Å². The normalized spacial score (nSPS) is 14.9. The summed E-state index contributed by atoms with van der Waals surface area (Å²) in [6.07, 6.45) is 4.63. The zero-order valence-corrected chi connectivity index (χ0v) is 12.1. The van der Waals surface area contributed by atoms with Crippen molar-refractivity contribution in [2.24, 2.45) is 0 Å². The van der Waals surface area contributed by atoms with Crippen LogP contribution in [0.5, 0.6) is 11.5 Å². The minimum absolute atomic E-state index is 0.0340. The van der Waals surface area contributed by atoms with Crippen molar-refractivity contribution in [1.82, 2.24) is 5.32 Å². The minimum Gasteiger partial charge on any atom is -0.493 e. The third-order valence-electron chi connectivity index (χ3n) is 3.56. The molecule has 1 aromatic carbocycles. The summed E-state index contributed by atoms with van der Waals surface area (Å²) < 4.78 is 10.4. The Balaban J connectivity index is 1.85. The van der Waals surface area contributed by atoms with E-state index < -0.39 is 0 Å². The quantitative estimate of drug-likeness (QED) is 0.837. The summed E-state index contributed by atoms with van der Waals surface area (Å²) in [5.41, 5.74) is 0.837. The van der Waals surface area contributed by atoms with E-state index in [1.807, 2.05) is 18.2 Å². The molecular weight excluding hydrogens is 256 g/mol. The number of rotatable bonds is 6. The van der Waals surface area contributed by atoms with Gasteiger partial charge in [-0.1, -0.05) is 12.8 Å². The molecule has 1 aromatic rings. The molecule has 1 aliphatic carbocycles. The van der Waals surface area contributed by atoms with Crippen molar-refractivity contribution in [3.63, 3.8) is 0 Å². The van der Waals surface area contributed by atoms with Crippen LogP contribution in [0.15, 0.2) is 18.2 Å². The SMILES string of the molecule is COc1ccc(NCC(=O)NC2CCCC2)cc1OC. The highest BCUT2D eigenvalue weighted by atomic mass is 16.5. The van der Waals surface area contributed by atoms with E-state index in [0.29, 0.717) is 17.5 Å². The minimum atomic E-state index is 0.0340. The number of carbonyl (C=O) groups is 1. The molecule has 110 valence electrons. The van der Waals surface area contributed by atoms with Crippen LogP contribution in [-0.4, -0.2) is 32.7 Å². The standard InChI is InChI=1S/C15H22N2O3/c1-19-13-8-7-12(9-14(13)20-2)16-10-15(18)17-11-5-3-4-6-11/h7-9,11,16H,3-6,10H2,1-2H3,(H,17,18). The van der Waals surface area contributed by atoms with Gasteiger partial charge >= 0.3 is 0 Å². The highest BCUT2D eigenvalue weighted by Crippen LogP contribution is 2.29. The molecule has 5 heteroatoms. The van der Waals surface area contributed by atoms with Gasteiger partial charge in [0, 0.05) is 17.8 Å². The van der Waals surface area contributed by atoms with E-state index in [2.05, 4.69) is 10.6 Å². The Labute approximate surface area is 119 Å². The number of anilines is 1. The Kier molecular flexibility index (Phi) is 5.09. The van der Waals surface area contributed by atoms with E-state index in [0.717, 1.165) is 18.5 Å². The Bertz CT molecular complexity index is 456. The van der Waals surface area contributed by atoms with Gasteiger partial charge in [0.25, 0.3) is 0 Å². The fourth-order valence-corrected chi connectivity index (χ4v) is 2.48. The van der Waals surface area contributed by atoms with Gasteiger partial charge in [-0.15, -0.1) is 0 Å². The van der Waals surface area contributed by atoms with E-state index in [1.165, 1.54) is 12.8 Å². The van der Waals surface area contributed by atoms with E-state index in [9.17, 15) is 4.79 Å². The van der Waals surface area contributed by atoms with Gasteiger partial charge in [0.1, 0.15) is 0 Å². The molecule has 0 bridgehead atoms. The molecule has 1 fully saturated rings. The largest absolute Gasteiger partial charge is 0.493 e. The highest BCUT2D eigenvalue weighted by Gasteiger charge is 2.16. The van der Waals surface area contributed by atoms with Crippen LogP contribution in [0, 0.1) is 0 Å². The number of amides is 1. The summed E-state index contributed by atoms with van der Waals surface area (Å²) in [5, 5.41) is 6.14. The molecule has 0 spiro atoms. The first-order valence-electron chi connectivity index (χ1n) is 6.98. The summed E-state index contributed by atoms with van der Waals surface area (Å²) in [6.45, 7) is 0.270. The van der Waals surface area contributed by atoms with Crippen LogP contribution in [-0.2, 0) is 4.79 Å². The number of benzene rings is 1. The Morgan fingerprint density at radius 3 is 2.55 bits per heavy atom. The topological polar surface area (TPSA) is 59.6 Å². The zero-order valence-electron chi connectivity index (χ0n) is 12.1. The zero-order chi connectivity index (χ0) is 14.4. The molecule has 1 aliphatic rings. The van der Waals surface area contributed by atoms with Crippen LogP contribution >= 0.6 is 0 Å². The van der Waals surface area contributed by atoms with Crippen molar-refractivity contribution in [1.29, 1.82) is 0 Å². The van der Waals surface area contributed by atoms with E-state index in [-0.39, 0.29) is 12.5 Å². The summed E-state index contributed by atoms with van der Waals surface area (Å²) in [5.74, 6) is 1.36. The Hall–Kier alpha value is -1.91. The molecule has 0 aromatic heterocycles.